The molecule has 2 rings (SSSR count). The summed E-state index contributed by atoms with van der Waals surface area (Å²) < 4.78 is 2.48. The molecule has 0 atom stereocenters. The van der Waals surface area contributed by atoms with Crippen LogP contribution in [0.5, 0.6) is 0 Å². The highest BCUT2D eigenvalue weighted by atomic mass is 79.9. The Balaban J connectivity index is 2.25. The van der Waals surface area contributed by atoms with Crippen molar-refractivity contribution in [1.82, 2.24) is 9.78 Å². The molecule has 0 aliphatic heterocycles. The van der Waals surface area contributed by atoms with Crippen LogP contribution in [-0.2, 0) is 13.6 Å². The molecule has 1 aromatic carbocycles. The average Bonchev–Trinajstić information content (AvgIpc) is 2.62. The summed E-state index contributed by atoms with van der Waals surface area (Å²) in [5.41, 5.74) is 3.55. The smallest absolute Gasteiger partial charge is 0.275 e. The van der Waals surface area contributed by atoms with Gasteiger partial charge in [0.15, 0.2) is 0 Å². The number of hydrogen-bond acceptors (Lipinski definition) is 4. The van der Waals surface area contributed by atoms with Crippen molar-refractivity contribution >= 4 is 27.3 Å². The van der Waals surface area contributed by atoms with Gasteiger partial charge in [0.1, 0.15) is 0 Å². The highest BCUT2D eigenvalue weighted by Crippen LogP contribution is 2.25. The first-order valence-electron chi connectivity index (χ1n) is 6.07. The van der Waals surface area contributed by atoms with Crippen LogP contribution in [0.2, 0.25) is 0 Å². The van der Waals surface area contributed by atoms with Gasteiger partial charge in [-0.15, -0.1) is 0 Å². The fourth-order valence-electron chi connectivity index (χ4n) is 2.07. The van der Waals surface area contributed by atoms with E-state index in [2.05, 4.69) is 26.3 Å². The first kappa shape index (κ1) is 14.5. The highest BCUT2D eigenvalue weighted by molar-refractivity contribution is 9.10. The van der Waals surface area contributed by atoms with Crippen LogP contribution in [0.15, 0.2) is 22.7 Å². The number of aryl methyl sites for hydroxylation is 2. The number of nitro groups is 1. The first-order valence-corrected chi connectivity index (χ1v) is 6.86. The first-order chi connectivity index (χ1) is 9.40. The Morgan fingerprint density at radius 1 is 1.45 bits per heavy atom. The molecule has 6 nitrogen and oxygen atoms in total. The average molecular weight is 339 g/mol. The van der Waals surface area contributed by atoms with Gasteiger partial charge < -0.3 is 5.32 Å². The summed E-state index contributed by atoms with van der Waals surface area (Å²) in [5, 5.41) is 18.6. The lowest BCUT2D eigenvalue weighted by Gasteiger charge is -2.08. The summed E-state index contributed by atoms with van der Waals surface area (Å²) in [6.07, 6.45) is 0. The molecular weight excluding hydrogens is 324 g/mol. The lowest BCUT2D eigenvalue weighted by atomic mass is 10.1. The van der Waals surface area contributed by atoms with Crippen molar-refractivity contribution < 1.29 is 4.92 Å². The van der Waals surface area contributed by atoms with Gasteiger partial charge in [-0.3, -0.25) is 14.8 Å². The van der Waals surface area contributed by atoms with Gasteiger partial charge in [-0.1, -0.05) is 15.9 Å². The summed E-state index contributed by atoms with van der Waals surface area (Å²) in [4.78, 5) is 10.7. The molecule has 0 saturated heterocycles. The monoisotopic (exact) mass is 338 g/mol. The Morgan fingerprint density at radius 2 is 2.15 bits per heavy atom. The molecule has 7 heteroatoms. The predicted octanol–water partition coefficient (Wildman–Crippen LogP) is 3.32. The van der Waals surface area contributed by atoms with E-state index in [1.54, 1.807) is 16.8 Å². The topological polar surface area (TPSA) is 73.0 Å². The molecule has 1 N–H and O–H groups in total. The largest absolute Gasteiger partial charge is 0.378 e. The Hall–Kier alpha value is -1.89. The molecule has 0 aliphatic rings. The van der Waals surface area contributed by atoms with E-state index in [4.69, 9.17) is 0 Å². The number of halogens is 1. The van der Waals surface area contributed by atoms with Gasteiger partial charge in [-0.25, -0.2) is 0 Å². The Kier molecular flexibility index (Phi) is 4.08. The maximum atomic E-state index is 11.1. The maximum Gasteiger partial charge on any atom is 0.275 e. The number of nitro benzene ring substituents is 1. The Morgan fingerprint density at radius 3 is 2.70 bits per heavy atom. The summed E-state index contributed by atoms with van der Waals surface area (Å²) in [6, 6.07) is 5.06. The van der Waals surface area contributed by atoms with Crippen molar-refractivity contribution in [3.63, 3.8) is 0 Å². The lowest BCUT2D eigenvalue weighted by Crippen LogP contribution is -2.04. The summed E-state index contributed by atoms with van der Waals surface area (Å²) in [5.74, 6) is 0. The third-order valence-corrected chi connectivity index (χ3v) is 3.70. The standard InChI is InChI=1S/C13H15BrN4O2/c1-8-13(9(2)17(3)16-8)15-7-10-4-5-11(14)6-12(10)18(19)20/h4-6,15H,7H2,1-3H3. The van der Waals surface area contributed by atoms with Crippen LogP contribution in [0.1, 0.15) is 17.0 Å². The molecule has 0 radical (unpaired) electrons. The molecule has 0 bridgehead atoms. The summed E-state index contributed by atoms with van der Waals surface area (Å²) in [6.45, 7) is 4.25. The minimum absolute atomic E-state index is 0.103. The minimum atomic E-state index is -0.370. The third kappa shape index (κ3) is 2.82. The molecule has 106 valence electrons. The molecule has 1 heterocycles. The van der Waals surface area contributed by atoms with E-state index >= 15 is 0 Å². The van der Waals surface area contributed by atoms with Crippen LogP contribution in [0, 0.1) is 24.0 Å². The van der Waals surface area contributed by atoms with Crippen LogP contribution < -0.4 is 5.32 Å². The molecule has 2 aromatic rings. The Labute approximate surface area is 125 Å². The molecule has 1 aromatic heterocycles. The van der Waals surface area contributed by atoms with Crippen LogP contribution in [-0.4, -0.2) is 14.7 Å². The number of aromatic nitrogens is 2. The van der Waals surface area contributed by atoms with E-state index in [9.17, 15) is 10.1 Å². The van der Waals surface area contributed by atoms with Crippen molar-refractivity contribution in [3.8, 4) is 0 Å². The van der Waals surface area contributed by atoms with Gasteiger partial charge in [0, 0.05) is 29.7 Å². The second kappa shape index (κ2) is 5.62. The minimum Gasteiger partial charge on any atom is -0.378 e. The van der Waals surface area contributed by atoms with Gasteiger partial charge >= 0.3 is 0 Å². The SMILES string of the molecule is Cc1nn(C)c(C)c1NCc1ccc(Br)cc1[N+](=O)[O-]. The number of hydrogen-bond donors (Lipinski definition) is 1. The fourth-order valence-corrected chi connectivity index (χ4v) is 2.42. The normalized spacial score (nSPS) is 10.6. The summed E-state index contributed by atoms with van der Waals surface area (Å²) >= 11 is 3.25. The van der Waals surface area contributed by atoms with Gasteiger partial charge in [0.05, 0.1) is 22.0 Å². The van der Waals surface area contributed by atoms with Crippen molar-refractivity contribution in [2.24, 2.45) is 7.05 Å². The molecule has 0 fully saturated rings. The van der Waals surface area contributed by atoms with Crippen LogP contribution in [0.3, 0.4) is 0 Å². The number of benzene rings is 1. The van der Waals surface area contributed by atoms with Crippen molar-refractivity contribution in [1.29, 1.82) is 0 Å². The highest BCUT2D eigenvalue weighted by Gasteiger charge is 2.15. The van der Waals surface area contributed by atoms with E-state index < -0.39 is 0 Å². The third-order valence-electron chi connectivity index (χ3n) is 3.21. The Bertz CT molecular complexity index is 667. The van der Waals surface area contributed by atoms with E-state index in [0.29, 0.717) is 16.6 Å². The maximum absolute atomic E-state index is 11.1. The number of nitrogens with one attached hydrogen (secondary N) is 1. The number of nitrogens with zero attached hydrogens (tertiary/aromatic N) is 3. The summed E-state index contributed by atoms with van der Waals surface area (Å²) in [7, 11) is 1.87. The number of rotatable bonds is 4. The van der Waals surface area contributed by atoms with Crippen molar-refractivity contribution in [2.75, 3.05) is 5.32 Å². The molecule has 0 amide bonds. The zero-order valence-electron chi connectivity index (χ0n) is 11.5. The van der Waals surface area contributed by atoms with E-state index in [1.807, 2.05) is 20.9 Å². The molecule has 0 unspecified atom stereocenters. The van der Waals surface area contributed by atoms with Gasteiger partial charge in [0.2, 0.25) is 0 Å². The molecule has 0 spiro atoms. The molecular formula is C13H15BrN4O2. The van der Waals surface area contributed by atoms with Crippen LogP contribution >= 0.6 is 15.9 Å². The number of anilines is 1. The van der Waals surface area contributed by atoms with Gasteiger partial charge in [-0.05, 0) is 26.0 Å². The quantitative estimate of drug-likeness (QED) is 0.685. The molecule has 0 aliphatic carbocycles. The second-order valence-corrected chi connectivity index (χ2v) is 5.47. The van der Waals surface area contributed by atoms with Crippen LogP contribution in [0.25, 0.3) is 0 Å². The zero-order chi connectivity index (χ0) is 14.9. The van der Waals surface area contributed by atoms with Gasteiger partial charge in [-0.2, -0.15) is 5.10 Å². The van der Waals surface area contributed by atoms with Crippen molar-refractivity contribution in [2.45, 2.75) is 20.4 Å². The van der Waals surface area contributed by atoms with E-state index in [0.717, 1.165) is 17.1 Å². The van der Waals surface area contributed by atoms with Gasteiger partial charge in [0.25, 0.3) is 5.69 Å². The molecule has 0 saturated carbocycles. The molecule has 20 heavy (non-hydrogen) atoms. The fraction of sp³-hybridized carbons (Fsp3) is 0.308. The second-order valence-electron chi connectivity index (χ2n) is 4.55. The lowest BCUT2D eigenvalue weighted by molar-refractivity contribution is -0.385. The van der Waals surface area contributed by atoms with Crippen molar-refractivity contribution in [3.05, 3.63) is 49.7 Å². The zero-order valence-corrected chi connectivity index (χ0v) is 13.1. The van der Waals surface area contributed by atoms with E-state index in [1.165, 1.54) is 6.07 Å². The van der Waals surface area contributed by atoms with Crippen LogP contribution in [0.4, 0.5) is 11.4 Å². The van der Waals surface area contributed by atoms with E-state index in [-0.39, 0.29) is 10.6 Å². The predicted molar refractivity (Wildman–Crippen MR) is 80.8 cm³/mol.